The minimum absolute atomic E-state index is 0. The molecule has 0 amide bonds. The molecule has 0 saturated heterocycles. The van der Waals surface area contributed by atoms with Crippen LogP contribution in [0.2, 0.25) is 0 Å². The second-order valence-electron chi connectivity index (χ2n) is 30.6. The van der Waals surface area contributed by atoms with E-state index in [0.29, 0.717) is 142 Å². The van der Waals surface area contributed by atoms with E-state index in [-0.39, 0.29) is 185 Å². The molecule has 8 aromatic carbocycles. The van der Waals surface area contributed by atoms with Gasteiger partial charge in [0.25, 0.3) is 0 Å². The Morgan fingerprint density at radius 1 is 0.220 bits per heavy atom. The molecule has 32 nitrogen and oxygen atoms in total. The van der Waals surface area contributed by atoms with Crippen LogP contribution in [0.1, 0.15) is 89.0 Å². The van der Waals surface area contributed by atoms with Gasteiger partial charge in [-0.3, -0.25) is 47.0 Å². The van der Waals surface area contributed by atoms with Gasteiger partial charge in [-0.25, -0.2) is 0 Å². The van der Waals surface area contributed by atoms with Gasteiger partial charge >= 0.3 is 167 Å². The molecule has 2 atom stereocenters. The first-order valence-corrected chi connectivity index (χ1v) is 55.6. The molecule has 0 aromatic heterocycles. The number of hydrogen-bond acceptors (Lipinski definition) is 26. The molecule has 0 aliphatic rings. The zero-order valence-electron chi connectivity index (χ0n) is 77.1. The van der Waals surface area contributed by atoms with Crippen LogP contribution in [0.4, 0.5) is 0 Å². The van der Waals surface area contributed by atoms with Gasteiger partial charge in [-0.05, 0) is 140 Å². The molecule has 712 valence electrons. The number of aryl methyl sites for hydroxylation is 8. The molecule has 2 unspecified atom stereocenters. The maximum absolute atomic E-state index is 12.2. The van der Waals surface area contributed by atoms with Gasteiger partial charge < -0.3 is 105 Å². The first-order valence-electron chi connectivity index (χ1n) is 41.6. The van der Waals surface area contributed by atoms with E-state index in [1.807, 2.05) is 146 Å². The van der Waals surface area contributed by atoms with Crippen molar-refractivity contribution in [3.63, 3.8) is 0 Å². The molecule has 10 N–H and O–H groups in total. The molecule has 132 heavy (non-hydrogen) atoms. The van der Waals surface area contributed by atoms with Gasteiger partial charge in [0.2, 0.25) is 0 Å². The normalized spacial score (nSPS) is 12.8. The summed E-state index contributed by atoms with van der Waals surface area (Å²) in [4.78, 5) is 83.9. The van der Waals surface area contributed by atoms with Crippen molar-refractivity contribution in [2.45, 2.75) is 104 Å². The first kappa shape index (κ1) is 129. The van der Waals surface area contributed by atoms with Gasteiger partial charge in [0.05, 0.1) is 63.4 Å². The second kappa shape index (κ2) is 67.3. The van der Waals surface area contributed by atoms with E-state index in [2.05, 4.69) is 68.1 Å². The predicted molar refractivity (Wildman–Crippen MR) is 518 cm³/mol. The number of aliphatic hydroxyl groups excluding tert-OH is 4. The van der Waals surface area contributed by atoms with E-state index in [1.165, 1.54) is 56.9 Å². The topological polar surface area (TPSA) is 472 Å². The predicted octanol–water partition coefficient (Wildman–Crippen LogP) is 10.9. The van der Waals surface area contributed by atoms with Crippen LogP contribution in [0.5, 0.6) is 0 Å². The van der Waals surface area contributed by atoms with Crippen LogP contribution in [0.3, 0.4) is 0 Å². The summed E-state index contributed by atoms with van der Waals surface area (Å²) in [5.74, 6) is 0. The van der Waals surface area contributed by atoms with E-state index in [4.69, 9.17) is 65.6 Å². The molecule has 8 aromatic rings. The molecule has 0 fully saturated rings. The number of rotatable bonds is 56. The zero-order chi connectivity index (χ0) is 94.5. The third-order valence-electron chi connectivity index (χ3n) is 20.8. The van der Waals surface area contributed by atoms with Crippen LogP contribution in [0, 0.1) is 0 Å². The molecule has 0 heterocycles. The van der Waals surface area contributed by atoms with Crippen molar-refractivity contribution in [3.8, 4) is 0 Å². The fraction of sp³-hybridized carbons (Fsp3) is 0.455. The Labute approximate surface area is 870 Å². The maximum Gasteiger partial charge on any atom is 2.00 e. The molecule has 8 rings (SSSR count). The number of aliphatic hydroxyl groups is 4. The van der Waals surface area contributed by atoms with E-state index in [9.17, 15) is 66.7 Å². The van der Waals surface area contributed by atoms with Gasteiger partial charge in [-0.1, -0.05) is 194 Å². The van der Waals surface area contributed by atoms with Gasteiger partial charge in [0, 0.05) is 148 Å². The molecule has 0 bridgehead atoms. The summed E-state index contributed by atoms with van der Waals surface area (Å²) < 4.78 is 133. The van der Waals surface area contributed by atoms with Gasteiger partial charge in [-0.15, -0.1) is 0 Å². The molecule has 44 heteroatoms. The average molecular weight is 2070 g/mol. The minimum atomic E-state index is -4.25. The summed E-state index contributed by atoms with van der Waals surface area (Å²) in [6, 6.07) is 62.6. The molecule has 0 saturated carbocycles. The molecule has 0 aliphatic heterocycles. The van der Waals surface area contributed by atoms with Crippen molar-refractivity contribution >= 4 is 182 Å². The molecular formula is C88H130Ca2Mg2N4O28P8+6. The Hall–Kier alpha value is -1.31. The minimum Gasteiger partial charge on any atom is -0.779 e. The van der Waals surface area contributed by atoms with E-state index >= 15 is 0 Å². The van der Waals surface area contributed by atoms with Crippen molar-refractivity contribution in [2.24, 2.45) is 0 Å². The average Bonchev–Trinajstić information content (AvgIpc) is 0.874. The third kappa shape index (κ3) is 55.4. The molecule has 0 radical (unpaired) electrons. The molecule has 0 spiro atoms. The monoisotopic (exact) mass is 2070 g/mol. The van der Waals surface area contributed by atoms with Crippen LogP contribution >= 0.6 is 60.8 Å². The second-order valence-corrected chi connectivity index (χ2v) is 47.2. The smallest absolute Gasteiger partial charge is 0.779 e. The fourth-order valence-corrected chi connectivity index (χ4v) is 19.5. The Bertz CT molecular complexity index is 4270. The van der Waals surface area contributed by atoms with Gasteiger partial charge in [0.15, 0.2) is 0 Å². The molecular weight excluding hydrogens is 1940 g/mol. The summed E-state index contributed by atoms with van der Waals surface area (Å²) in [6.07, 6.45) is 3.98. The number of hydrogen-bond donors (Lipinski definition) is 10. The van der Waals surface area contributed by atoms with Crippen LogP contribution < -0.4 is 9.79 Å². The fourth-order valence-electron chi connectivity index (χ4n) is 13.2. The van der Waals surface area contributed by atoms with E-state index in [1.54, 1.807) is 0 Å². The summed E-state index contributed by atoms with van der Waals surface area (Å²) in [5, 5.41) is 37.8. The van der Waals surface area contributed by atoms with Crippen molar-refractivity contribution < 1.29 is 132 Å². The molecule has 0 aliphatic carbocycles. The van der Waals surface area contributed by atoms with Crippen molar-refractivity contribution in [3.05, 3.63) is 283 Å². The SMILES string of the molecule is COP(=O)(CCc1ccc(CN(CCO)Cc2ccc(CCP(=O)(OC)OC)cc2)cc1)OC.COP(=O)(CCc1ccc(CN(CCO)Cc2ccc(CCP(=O)(OC)OC)cc2)cc1)OC.O=P([O-])(O)CCc1ccc(CN(CCO)Cc2ccc(CCP(=O)(O)O)cc2)cc1.O=P([O-])(O)CCc1ccc(CN(CCO)Cc2ccc(CCP(=O)(O)O)cc2)cc1.[Ca+2].[Ca+2].[Mg+2].[Mg+2]. The summed E-state index contributed by atoms with van der Waals surface area (Å²) in [7, 11) is -17.4. The summed E-state index contributed by atoms with van der Waals surface area (Å²) in [5.41, 5.74) is 16.2. The standard InChI is InChI=1S/2C24H37NO7P2.2C20H29NO7P2.2Ca.2Mg/c2*1-29-33(27,30-2)17-13-21-5-9-23(10-6-21)19-25(15-16-26)20-24-11-7-22(8-12-24)14-18-34(28,31-3)32-4;2*22-12-11-21(15-19-5-1-17(2-6-19)9-13-29(23,24)25)16-20-7-3-18(4-8-20)10-14-30(26,27)28;;;;/h2*5-12,26H,13-20H2,1-4H3;2*1-8,22H,9-16H2,(H2,23,24,25)(H2,26,27,28);;;;/q;;;;4*+2/p-2. The Balaban J connectivity index is 0.000000873. The van der Waals surface area contributed by atoms with Crippen LogP contribution in [-0.2, 0) is 176 Å². The van der Waals surface area contributed by atoms with Crippen molar-refractivity contribution in [1.82, 2.24) is 19.6 Å². The van der Waals surface area contributed by atoms with Crippen LogP contribution in [0.25, 0.3) is 0 Å². The quantitative estimate of drug-likeness (QED) is 0.0125. The first-order chi connectivity index (χ1) is 60.6. The number of nitrogens with zero attached hydrogens (tertiary/aromatic N) is 4. The Morgan fingerprint density at radius 3 is 0.439 bits per heavy atom. The largest absolute Gasteiger partial charge is 2.00 e. The van der Waals surface area contributed by atoms with Gasteiger partial charge in [-0.2, -0.15) is 0 Å². The Kier molecular flexibility index (Phi) is 65.6. The van der Waals surface area contributed by atoms with Crippen LogP contribution in [-0.4, -0.2) is 350 Å². The summed E-state index contributed by atoms with van der Waals surface area (Å²) in [6.45, 7) is 7.41. The number of benzene rings is 8. The summed E-state index contributed by atoms with van der Waals surface area (Å²) >= 11 is 0. The van der Waals surface area contributed by atoms with E-state index in [0.717, 1.165) is 89.0 Å². The third-order valence-corrected chi connectivity index (χ3v) is 31.5. The van der Waals surface area contributed by atoms with E-state index < -0.39 is 60.8 Å². The van der Waals surface area contributed by atoms with Gasteiger partial charge in [0.1, 0.15) is 15.2 Å². The Morgan fingerprint density at radius 2 is 0.333 bits per heavy atom. The maximum atomic E-state index is 12.2. The van der Waals surface area contributed by atoms with Crippen molar-refractivity contribution in [2.75, 3.05) is 159 Å². The van der Waals surface area contributed by atoms with Crippen LogP contribution in [0.15, 0.2) is 194 Å². The van der Waals surface area contributed by atoms with Crippen molar-refractivity contribution in [1.29, 1.82) is 0 Å². The zero-order valence-corrected chi connectivity index (χ0v) is 91.5.